The molecule has 0 aliphatic carbocycles. The Bertz CT molecular complexity index is 247. The summed E-state index contributed by atoms with van der Waals surface area (Å²) in [5.41, 5.74) is 0.137. The van der Waals surface area contributed by atoms with Gasteiger partial charge in [-0.3, -0.25) is 4.90 Å². The number of nitrogens with zero attached hydrogens (tertiary/aromatic N) is 1. The molecule has 3 N–H and O–H groups in total. The van der Waals surface area contributed by atoms with Crippen LogP contribution in [0.2, 0.25) is 0 Å². The van der Waals surface area contributed by atoms with Crippen molar-refractivity contribution in [2.75, 3.05) is 45.9 Å². The standard InChI is InChI=1S/C13H26N2O3/c1-2-14-8-13(4-3-5-18-10-13)9-15-6-11(16)12(17)7-15/h11-12,14,16-17H,2-10H2,1H3. The van der Waals surface area contributed by atoms with Crippen LogP contribution in [-0.2, 0) is 4.74 Å². The van der Waals surface area contributed by atoms with Crippen LogP contribution in [0.4, 0.5) is 0 Å². The summed E-state index contributed by atoms with van der Waals surface area (Å²) >= 11 is 0. The van der Waals surface area contributed by atoms with E-state index < -0.39 is 12.2 Å². The van der Waals surface area contributed by atoms with E-state index in [4.69, 9.17) is 4.74 Å². The Hall–Kier alpha value is -0.200. The van der Waals surface area contributed by atoms with E-state index in [1.165, 1.54) is 0 Å². The van der Waals surface area contributed by atoms with Gasteiger partial charge >= 0.3 is 0 Å². The van der Waals surface area contributed by atoms with Crippen LogP contribution in [0.25, 0.3) is 0 Å². The number of hydrogen-bond acceptors (Lipinski definition) is 5. The average molecular weight is 258 g/mol. The van der Waals surface area contributed by atoms with Gasteiger partial charge in [-0.25, -0.2) is 0 Å². The Morgan fingerprint density at radius 1 is 1.33 bits per heavy atom. The molecule has 0 aromatic carbocycles. The number of rotatable bonds is 5. The second kappa shape index (κ2) is 6.30. The summed E-state index contributed by atoms with van der Waals surface area (Å²) < 4.78 is 5.65. The Morgan fingerprint density at radius 2 is 2.06 bits per heavy atom. The van der Waals surface area contributed by atoms with Crippen LogP contribution in [0.15, 0.2) is 0 Å². The van der Waals surface area contributed by atoms with Crippen molar-refractivity contribution in [1.29, 1.82) is 0 Å². The van der Waals surface area contributed by atoms with Gasteiger partial charge in [0.25, 0.3) is 0 Å². The molecule has 106 valence electrons. The molecule has 2 aliphatic heterocycles. The molecule has 0 saturated carbocycles. The molecule has 2 heterocycles. The minimum absolute atomic E-state index is 0.137. The third-order valence-electron chi connectivity index (χ3n) is 4.05. The summed E-state index contributed by atoms with van der Waals surface area (Å²) in [4.78, 5) is 2.17. The predicted octanol–water partition coefficient (Wildman–Crippen LogP) is -0.570. The van der Waals surface area contributed by atoms with Crippen molar-refractivity contribution >= 4 is 0 Å². The highest BCUT2D eigenvalue weighted by Crippen LogP contribution is 2.30. The lowest BCUT2D eigenvalue weighted by Gasteiger charge is -2.40. The zero-order valence-corrected chi connectivity index (χ0v) is 11.3. The number of hydrogen-bond donors (Lipinski definition) is 3. The fraction of sp³-hybridized carbons (Fsp3) is 1.00. The molecular formula is C13H26N2O3. The third kappa shape index (κ3) is 3.42. The van der Waals surface area contributed by atoms with Gasteiger partial charge in [0.15, 0.2) is 0 Å². The Labute approximate surface area is 109 Å². The summed E-state index contributed by atoms with van der Waals surface area (Å²) in [5, 5.41) is 22.7. The van der Waals surface area contributed by atoms with Crippen LogP contribution in [0.5, 0.6) is 0 Å². The smallest absolute Gasteiger partial charge is 0.0938 e. The molecule has 0 radical (unpaired) electrons. The molecule has 3 unspecified atom stereocenters. The van der Waals surface area contributed by atoms with Gasteiger partial charge in [0, 0.05) is 38.2 Å². The molecule has 5 heteroatoms. The number of aliphatic hydroxyl groups is 2. The highest BCUT2D eigenvalue weighted by atomic mass is 16.5. The maximum atomic E-state index is 9.62. The molecule has 0 aromatic rings. The van der Waals surface area contributed by atoms with Gasteiger partial charge in [-0.2, -0.15) is 0 Å². The van der Waals surface area contributed by atoms with Crippen molar-refractivity contribution in [3.63, 3.8) is 0 Å². The number of ether oxygens (including phenoxy) is 1. The summed E-state index contributed by atoms with van der Waals surface area (Å²) in [6.07, 6.45) is 1.07. The first-order valence-corrected chi connectivity index (χ1v) is 7.02. The quantitative estimate of drug-likeness (QED) is 0.616. The predicted molar refractivity (Wildman–Crippen MR) is 69.5 cm³/mol. The zero-order valence-electron chi connectivity index (χ0n) is 11.3. The first kappa shape index (κ1) is 14.2. The van der Waals surface area contributed by atoms with Gasteiger partial charge in [0.1, 0.15) is 0 Å². The van der Waals surface area contributed by atoms with Gasteiger partial charge in [-0.05, 0) is 19.4 Å². The molecule has 0 spiro atoms. The molecule has 2 fully saturated rings. The largest absolute Gasteiger partial charge is 0.389 e. The topological polar surface area (TPSA) is 65.0 Å². The number of β-amino-alcohol motifs (C(OH)–C–C–N with tert-alkyl or cyclic N) is 2. The Kier molecular flexibility index (Phi) is 4.98. The molecule has 2 saturated heterocycles. The Balaban J connectivity index is 1.92. The van der Waals surface area contributed by atoms with Crippen molar-refractivity contribution in [1.82, 2.24) is 10.2 Å². The van der Waals surface area contributed by atoms with Crippen molar-refractivity contribution in [2.24, 2.45) is 5.41 Å². The second-order valence-electron chi connectivity index (χ2n) is 5.77. The maximum absolute atomic E-state index is 9.62. The number of nitrogens with one attached hydrogen (secondary N) is 1. The van der Waals surface area contributed by atoms with E-state index in [0.717, 1.165) is 45.7 Å². The summed E-state index contributed by atoms with van der Waals surface area (Å²) in [6, 6.07) is 0. The van der Waals surface area contributed by atoms with E-state index >= 15 is 0 Å². The van der Waals surface area contributed by atoms with E-state index in [2.05, 4.69) is 17.1 Å². The van der Waals surface area contributed by atoms with Crippen molar-refractivity contribution in [2.45, 2.75) is 32.0 Å². The highest BCUT2D eigenvalue weighted by Gasteiger charge is 2.38. The van der Waals surface area contributed by atoms with Gasteiger partial charge < -0.3 is 20.3 Å². The number of likely N-dealkylation sites (tertiary alicyclic amines) is 1. The van der Waals surface area contributed by atoms with E-state index in [1.807, 2.05) is 0 Å². The molecular weight excluding hydrogens is 232 g/mol. The minimum Gasteiger partial charge on any atom is -0.389 e. The lowest BCUT2D eigenvalue weighted by molar-refractivity contribution is -0.0244. The summed E-state index contributed by atoms with van der Waals surface area (Å²) in [7, 11) is 0. The normalized spacial score (nSPS) is 38.2. The van der Waals surface area contributed by atoms with Crippen molar-refractivity contribution in [3.8, 4) is 0 Å². The molecule has 18 heavy (non-hydrogen) atoms. The van der Waals surface area contributed by atoms with E-state index in [1.54, 1.807) is 0 Å². The fourth-order valence-corrected chi connectivity index (χ4v) is 3.07. The van der Waals surface area contributed by atoms with Crippen LogP contribution in [0, 0.1) is 5.41 Å². The van der Waals surface area contributed by atoms with E-state index in [0.29, 0.717) is 13.1 Å². The third-order valence-corrected chi connectivity index (χ3v) is 4.05. The molecule has 0 amide bonds. The molecule has 0 aromatic heterocycles. The van der Waals surface area contributed by atoms with Gasteiger partial charge in [-0.15, -0.1) is 0 Å². The first-order chi connectivity index (χ1) is 8.65. The molecule has 2 rings (SSSR count). The van der Waals surface area contributed by atoms with Crippen molar-refractivity contribution in [3.05, 3.63) is 0 Å². The first-order valence-electron chi connectivity index (χ1n) is 7.02. The van der Waals surface area contributed by atoms with Crippen LogP contribution in [0.1, 0.15) is 19.8 Å². The fourth-order valence-electron chi connectivity index (χ4n) is 3.07. The molecule has 2 aliphatic rings. The SMILES string of the molecule is CCNCC1(CN2CC(O)C(O)C2)CCCOC1. The van der Waals surface area contributed by atoms with Crippen LogP contribution in [0.3, 0.4) is 0 Å². The maximum Gasteiger partial charge on any atom is 0.0938 e. The van der Waals surface area contributed by atoms with Crippen LogP contribution >= 0.6 is 0 Å². The van der Waals surface area contributed by atoms with E-state index in [-0.39, 0.29) is 5.41 Å². The lowest BCUT2D eigenvalue weighted by Crippen LogP contribution is -2.48. The Morgan fingerprint density at radius 3 is 2.61 bits per heavy atom. The molecule has 5 nitrogen and oxygen atoms in total. The van der Waals surface area contributed by atoms with Crippen LogP contribution in [-0.4, -0.2) is 73.3 Å². The average Bonchev–Trinajstić information content (AvgIpc) is 2.67. The van der Waals surface area contributed by atoms with E-state index in [9.17, 15) is 10.2 Å². The summed E-state index contributed by atoms with van der Waals surface area (Å²) in [6.45, 7) is 7.72. The molecule has 3 atom stereocenters. The van der Waals surface area contributed by atoms with Crippen molar-refractivity contribution < 1.29 is 14.9 Å². The number of aliphatic hydroxyl groups excluding tert-OH is 2. The van der Waals surface area contributed by atoms with Crippen LogP contribution < -0.4 is 5.32 Å². The molecule has 0 bridgehead atoms. The van der Waals surface area contributed by atoms with Gasteiger partial charge in [0.2, 0.25) is 0 Å². The monoisotopic (exact) mass is 258 g/mol. The van der Waals surface area contributed by atoms with Gasteiger partial charge in [-0.1, -0.05) is 6.92 Å². The van der Waals surface area contributed by atoms with Gasteiger partial charge in [0.05, 0.1) is 18.8 Å². The lowest BCUT2D eigenvalue weighted by atomic mass is 9.81. The highest BCUT2D eigenvalue weighted by molar-refractivity contribution is 4.92. The summed E-state index contributed by atoms with van der Waals surface area (Å²) in [5.74, 6) is 0. The minimum atomic E-state index is -0.592. The zero-order chi connectivity index (χ0) is 13.0. The second-order valence-corrected chi connectivity index (χ2v) is 5.77.